The first-order chi connectivity index (χ1) is 10.4. The minimum absolute atomic E-state index is 0.310. The van der Waals surface area contributed by atoms with Gasteiger partial charge in [0, 0.05) is 6.54 Å². The molecule has 2 amide bonds. The van der Waals surface area contributed by atoms with Gasteiger partial charge in [-0.1, -0.05) is 31.9 Å². The van der Waals surface area contributed by atoms with E-state index in [1.807, 2.05) is 6.07 Å². The standard InChI is InChI=1S/C17H23N3O2/c1-4-5-8-11-19-15(21)17(2,3)16(22)20-14-10-7-6-9-13(14)12-18/h6-7,9-10H,4-5,8,11H2,1-3H3,(H,19,21)(H,20,22). The summed E-state index contributed by atoms with van der Waals surface area (Å²) in [5, 5.41) is 14.5. The van der Waals surface area contributed by atoms with Crippen LogP contribution in [0.2, 0.25) is 0 Å². The van der Waals surface area contributed by atoms with Gasteiger partial charge in [0.05, 0.1) is 11.3 Å². The molecule has 0 aromatic heterocycles. The number of nitrogens with zero attached hydrogens (tertiary/aromatic N) is 1. The normalized spacial score (nSPS) is 10.6. The number of nitriles is 1. The van der Waals surface area contributed by atoms with Gasteiger partial charge in [0.25, 0.3) is 0 Å². The molecule has 0 radical (unpaired) electrons. The van der Waals surface area contributed by atoms with Gasteiger partial charge in [-0.05, 0) is 32.4 Å². The Balaban J connectivity index is 2.70. The molecule has 0 aliphatic rings. The number of carbonyl (C=O) groups excluding carboxylic acids is 2. The van der Waals surface area contributed by atoms with Gasteiger partial charge in [0.1, 0.15) is 11.5 Å². The lowest BCUT2D eigenvalue weighted by atomic mass is 9.90. The molecule has 0 aliphatic carbocycles. The molecule has 0 unspecified atom stereocenters. The van der Waals surface area contributed by atoms with Crippen LogP contribution < -0.4 is 10.6 Å². The van der Waals surface area contributed by atoms with E-state index in [2.05, 4.69) is 17.6 Å². The van der Waals surface area contributed by atoms with Crippen molar-refractivity contribution in [3.05, 3.63) is 29.8 Å². The number of hydrogen-bond acceptors (Lipinski definition) is 3. The van der Waals surface area contributed by atoms with E-state index >= 15 is 0 Å². The van der Waals surface area contributed by atoms with Gasteiger partial charge in [-0.15, -0.1) is 0 Å². The fourth-order valence-electron chi connectivity index (χ4n) is 1.87. The second-order valence-corrected chi connectivity index (χ2v) is 5.70. The Hall–Kier alpha value is -2.35. The van der Waals surface area contributed by atoms with Crippen molar-refractivity contribution in [2.24, 2.45) is 5.41 Å². The summed E-state index contributed by atoms with van der Waals surface area (Å²) in [4.78, 5) is 24.5. The molecule has 118 valence electrons. The number of unbranched alkanes of at least 4 members (excludes halogenated alkanes) is 2. The monoisotopic (exact) mass is 301 g/mol. The number of anilines is 1. The lowest BCUT2D eigenvalue weighted by molar-refractivity contribution is -0.138. The van der Waals surface area contributed by atoms with Crippen molar-refractivity contribution in [2.45, 2.75) is 40.0 Å². The topological polar surface area (TPSA) is 82.0 Å². The van der Waals surface area contributed by atoms with Gasteiger partial charge in [-0.3, -0.25) is 9.59 Å². The molecule has 0 atom stereocenters. The first-order valence-corrected chi connectivity index (χ1v) is 7.52. The molecule has 2 N–H and O–H groups in total. The summed E-state index contributed by atoms with van der Waals surface area (Å²) in [6.07, 6.45) is 3.02. The zero-order valence-electron chi connectivity index (χ0n) is 13.4. The Morgan fingerprint density at radius 1 is 1.18 bits per heavy atom. The molecule has 0 spiro atoms. The Kier molecular flexibility index (Phi) is 6.58. The zero-order valence-corrected chi connectivity index (χ0v) is 13.4. The van der Waals surface area contributed by atoms with Crippen molar-refractivity contribution in [1.82, 2.24) is 5.32 Å². The average molecular weight is 301 g/mol. The van der Waals surface area contributed by atoms with Crippen LogP contribution in [0.5, 0.6) is 0 Å². The number of para-hydroxylation sites is 1. The molecule has 0 heterocycles. The van der Waals surface area contributed by atoms with Crippen molar-refractivity contribution in [2.75, 3.05) is 11.9 Å². The number of nitrogens with one attached hydrogen (secondary N) is 2. The maximum Gasteiger partial charge on any atom is 0.239 e. The van der Waals surface area contributed by atoms with E-state index in [4.69, 9.17) is 5.26 Å². The van der Waals surface area contributed by atoms with Gasteiger partial charge in [0.15, 0.2) is 0 Å². The molecule has 0 saturated heterocycles. The van der Waals surface area contributed by atoms with Crippen LogP contribution in [0.25, 0.3) is 0 Å². The highest BCUT2D eigenvalue weighted by molar-refractivity contribution is 6.10. The second kappa shape index (κ2) is 8.18. The molecule has 0 bridgehead atoms. The van der Waals surface area contributed by atoms with Crippen LogP contribution in [-0.2, 0) is 9.59 Å². The fourth-order valence-corrected chi connectivity index (χ4v) is 1.87. The SMILES string of the molecule is CCCCCNC(=O)C(C)(C)C(=O)Nc1ccccc1C#N. The average Bonchev–Trinajstić information content (AvgIpc) is 2.51. The Bertz CT molecular complexity index is 574. The van der Waals surface area contributed by atoms with Crippen LogP contribution in [0, 0.1) is 16.7 Å². The molecule has 1 rings (SSSR count). The summed E-state index contributed by atoms with van der Waals surface area (Å²) in [5.74, 6) is -0.737. The maximum absolute atomic E-state index is 12.4. The van der Waals surface area contributed by atoms with E-state index in [1.54, 1.807) is 38.1 Å². The molecule has 0 saturated carbocycles. The van der Waals surface area contributed by atoms with Crippen molar-refractivity contribution in [3.63, 3.8) is 0 Å². The third-order valence-corrected chi connectivity index (χ3v) is 3.50. The molecule has 1 aromatic rings. The van der Waals surface area contributed by atoms with Crippen molar-refractivity contribution in [1.29, 1.82) is 5.26 Å². The summed E-state index contributed by atoms with van der Waals surface area (Å²) >= 11 is 0. The number of hydrogen-bond donors (Lipinski definition) is 2. The third kappa shape index (κ3) is 4.59. The van der Waals surface area contributed by atoms with E-state index < -0.39 is 11.3 Å². The fraction of sp³-hybridized carbons (Fsp3) is 0.471. The molecular formula is C17H23N3O2. The number of rotatable bonds is 7. The van der Waals surface area contributed by atoms with Crippen molar-refractivity contribution < 1.29 is 9.59 Å². The van der Waals surface area contributed by atoms with Gasteiger partial charge in [0.2, 0.25) is 11.8 Å². The number of carbonyl (C=O) groups is 2. The molecule has 1 aromatic carbocycles. The molecule has 5 heteroatoms. The number of amides is 2. The quantitative estimate of drug-likeness (QED) is 0.600. The first kappa shape index (κ1) is 17.7. The molecule has 0 fully saturated rings. The second-order valence-electron chi connectivity index (χ2n) is 5.70. The van der Waals surface area contributed by atoms with E-state index in [-0.39, 0.29) is 5.91 Å². The van der Waals surface area contributed by atoms with Crippen LogP contribution in [0.3, 0.4) is 0 Å². The van der Waals surface area contributed by atoms with Gasteiger partial charge in [-0.2, -0.15) is 5.26 Å². The van der Waals surface area contributed by atoms with E-state index in [0.717, 1.165) is 19.3 Å². The third-order valence-electron chi connectivity index (χ3n) is 3.50. The lowest BCUT2D eigenvalue weighted by Gasteiger charge is -2.23. The van der Waals surface area contributed by atoms with Gasteiger partial charge in [-0.25, -0.2) is 0 Å². The van der Waals surface area contributed by atoms with E-state index in [1.165, 1.54) is 0 Å². The highest BCUT2D eigenvalue weighted by Crippen LogP contribution is 2.21. The molecular weight excluding hydrogens is 278 g/mol. The minimum atomic E-state index is -1.20. The number of benzene rings is 1. The van der Waals surface area contributed by atoms with Crippen LogP contribution in [0.4, 0.5) is 5.69 Å². The highest BCUT2D eigenvalue weighted by Gasteiger charge is 2.36. The van der Waals surface area contributed by atoms with Gasteiger partial charge < -0.3 is 10.6 Å². The Morgan fingerprint density at radius 3 is 2.50 bits per heavy atom. The summed E-state index contributed by atoms with van der Waals surface area (Å²) in [6.45, 7) is 5.81. The highest BCUT2D eigenvalue weighted by atomic mass is 16.2. The summed E-state index contributed by atoms with van der Waals surface area (Å²) in [5.41, 5.74) is -0.411. The predicted molar refractivity (Wildman–Crippen MR) is 86.1 cm³/mol. The Labute approximate surface area is 131 Å². The molecule has 22 heavy (non-hydrogen) atoms. The summed E-state index contributed by atoms with van der Waals surface area (Å²) < 4.78 is 0. The summed E-state index contributed by atoms with van der Waals surface area (Å²) in [7, 11) is 0. The smallest absolute Gasteiger partial charge is 0.239 e. The maximum atomic E-state index is 12.4. The van der Waals surface area contributed by atoms with Crippen LogP contribution in [0.1, 0.15) is 45.6 Å². The Morgan fingerprint density at radius 2 is 1.86 bits per heavy atom. The van der Waals surface area contributed by atoms with Gasteiger partial charge >= 0.3 is 0 Å². The molecule has 0 aliphatic heterocycles. The zero-order chi connectivity index (χ0) is 16.6. The lowest BCUT2D eigenvalue weighted by Crippen LogP contribution is -2.45. The predicted octanol–water partition coefficient (Wildman–Crippen LogP) is 2.83. The van der Waals surface area contributed by atoms with E-state index in [0.29, 0.717) is 17.8 Å². The van der Waals surface area contributed by atoms with Crippen LogP contribution in [-0.4, -0.2) is 18.4 Å². The van der Waals surface area contributed by atoms with Crippen molar-refractivity contribution >= 4 is 17.5 Å². The largest absolute Gasteiger partial charge is 0.355 e. The first-order valence-electron chi connectivity index (χ1n) is 7.52. The minimum Gasteiger partial charge on any atom is -0.355 e. The van der Waals surface area contributed by atoms with Crippen LogP contribution >= 0.6 is 0 Å². The van der Waals surface area contributed by atoms with Crippen LogP contribution in [0.15, 0.2) is 24.3 Å². The van der Waals surface area contributed by atoms with E-state index in [9.17, 15) is 9.59 Å². The summed E-state index contributed by atoms with van der Waals surface area (Å²) in [6, 6.07) is 8.73. The molecule has 5 nitrogen and oxygen atoms in total. The van der Waals surface area contributed by atoms with Crippen molar-refractivity contribution in [3.8, 4) is 6.07 Å².